The summed E-state index contributed by atoms with van der Waals surface area (Å²) in [5, 5.41) is 7.08. The van der Waals surface area contributed by atoms with Crippen LogP contribution in [0.25, 0.3) is 0 Å². The van der Waals surface area contributed by atoms with Crippen molar-refractivity contribution in [2.75, 3.05) is 13.1 Å². The van der Waals surface area contributed by atoms with Crippen LogP contribution >= 0.6 is 0 Å². The monoisotopic (exact) mass is 329 g/mol. The molecule has 0 saturated carbocycles. The van der Waals surface area contributed by atoms with E-state index >= 15 is 0 Å². The number of nitrogens with two attached hydrogens (primary N) is 1. The first-order chi connectivity index (χ1) is 10.8. The number of amides is 1. The minimum absolute atomic E-state index is 0.0458. The summed E-state index contributed by atoms with van der Waals surface area (Å²) in [6.45, 7) is 0.960. The second-order valence-corrected chi connectivity index (χ2v) is 5.37. The summed E-state index contributed by atoms with van der Waals surface area (Å²) in [7, 11) is 0. The molecule has 1 saturated heterocycles. The van der Waals surface area contributed by atoms with Gasteiger partial charge in [0.1, 0.15) is 6.54 Å². The molecule has 3 heterocycles. The van der Waals surface area contributed by atoms with Crippen LogP contribution in [0.1, 0.15) is 28.4 Å². The van der Waals surface area contributed by atoms with Gasteiger partial charge in [-0.25, -0.2) is 0 Å². The highest BCUT2D eigenvalue weighted by Crippen LogP contribution is 2.27. The molecule has 23 heavy (non-hydrogen) atoms. The lowest BCUT2D eigenvalue weighted by Gasteiger charge is -2.12. The van der Waals surface area contributed by atoms with E-state index in [9.17, 15) is 18.0 Å². The Morgan fingerprint density at radius 2 is 2.26 bits per heavy atom. The van der Waals surface area contributed by atoms with Gasteiger partial charge in [-0.2, -0.15) is 18.3 Å². The summed E-state index contributed by atoms with van der Waals surface area (Å²) < 4.78 is 43.5. The number of halogens is 3. The lowest BCUT2D eigenvalue weighted by atomic mass is 10.3. The number of hydrogen-bond donors (Lipinski definition) is 1. The molecule has 0 aromatic carbocycles. The van der Waals surface area contributed by atoms with Gasteiger partial charge in [-0.15, -0.1) is 0 Å². The van der Waals surface area contributed by atoms with E-state index < -0.39 is 11.9 Å². The fraction of sp³-hybridized carbons (Fsp3) is 0.462. The Morgan fingerprint density at radius 3 is 2.87 bits per heavy atom. The van der Waals surface area contributed by atoms with Crippen LogP contribution in [0, 0.1) is 0 Å². The summed E-state index contributed by atoms with van der Waals surface area (Å²) >= 11 is 0. The summed E-state index contributed by atoms with van der Waals surface area (Å²) in [6.07, 6.45) is -2.58. The van der Waals surface area contributed by atoms with Gasteiger partial charge in [0.15, 0.2) is 17.1 Å². The van der Waals surface area contributed by atoms with Gasteiger partial charge >= 0.3 is 6.18 Å². The molecular formula is C13H14F3N5O2. The van der Waals surface area contributed by atoms with Gasteiger partial charge < -0.3 is 15.2 Å². The number of rotatable bonds is 3. The molecule has 3 rings (SSSR count). The van der Waals surface area contributed by atoms with Crippen LogP contribution < -0.4 is 5.73 Å². The van der Waals surface area contributed by atoms with E-state index in [0.717, 1.165) is 17.2 Å². The first kappa shape index (κ1) is 15.5. The van der Waals surface area contributed by atoms with Crippen LogP contribution in [0.5, 0.6) is 0 Å². The van der Waals surface area contributed by atoms with Crippen molar-refractivity contribution in [2.24, 2.45) is 5.73 Å². The van der Waals surface area contributed by atoms with E-state index in [1.807, 2.05) is 0 Å². The molecule has 1 unspecified atom stereocenters. The van der Waals surface area contributed by atoms with Crippen LogP contribution in [-0.4, -0.2) is 44.9 Å². The fourth-order valence-electron chi connectivity index (χ4n) is 2.38. The zero-order chi connectivity index (χ0) is 16.6. The Balaban J connectivity index is 1.67. The molecule has 10 heteroatoms. The van der Waals surface area contributed by atoms with Gasteiger partial charge in [0.05, 0.1) is 0 Å². The van der Waals surface area contributed by atoms with Crippen molar-refractivity contribution >= 4 is 5.91 Å². The highest BCUT2D eigenvalue weighted by atomic mass is 19.4. The molecule has 2 aromatic rings. The molecule has 1 fully saturated rings. The molecule has 1 aliphatic rings. The van der Waals surface area contributed by atoms with Crippen molar-refractivity contribution in [1.82, 2.24) is 19.8 Å². The van der Waals surface area contributed by atoms with Gasteiger partial charge in [0.2, 0.25) is 0 Å². The minimum atomic E-state index is -4.50. The van der Waals surface area contributed by atoms with Gasteiger partial charge in [-0.1, -0.05) is 5.16 Å². The fourth-order valence-corrected chi connectivity index (χ4v) is 2.38. The van der Waals surface area contributed by atoms with Gasteiger partial charge in [0, 0.05) is 31.4 Å². The topological polar surface area (TPSA) is 90.2 Å². The van der Waals surface area contributed by atoms with Crippen LogP contribution in [0.15, 0.2) is 22.9 Å². The number of hydrogen-bond acceptors (Lipinski definition) is 5. The SMILES string of the molecule is NC1CCN(C(=O)c2cc(Cn3ccc(C(F)(F)F)n3)on2)C1. The molecule has 1 amide bonds. The molecule has 0 spiro atoms. The zero-order valence-electron chi connectivity index (χ0n) is 12.0. The van der Waals surface area contributed by atoms with E-state index in [1.165, 1.54) is 12.3 Å². The minimum Gasteiger partial charge on any atom is -0.359 e. The van der Waals surface area contributed by atoms with Gasteiger partial charge in [-0.05, 0) is 12.5 Å². The van der Waals surface area contributed by atoms with E-state index in [2.05, 4.69) is 10.3 Å². The molecule has 2 N–H and O–H groups in total. The standard InChI is InChI=1S/C13H14F3N5O2/c14-13(15,16)11-2-4-21(18-11)7-9-5-10(19-23-9)12(22)20-3-1-8(17)6-20/h2,4-5,8H,1,3,6-7,17H2. The number of nitrogens with zero attached hydrogens (tertiary/aromatic N) is 4. The maximum atomic E-state index is 12.5. The Bertz CT molecular complexity index is 709. The van der Waals surface area contributed by atoms with Crippen LogP contribution in [0.2, 0.25) is 0 Å². The molecule has 0 radical (unpaired) electrons. The van der Waals surface area contributed by atoms with Crippen molar-refractivity contribution < 1.29 is 22.5 Å². The first-order valence-electron chi connectivity index (χ1n) is 6.94. The maximum Gasteiger partial charge on any atom is 0.435 e. The number of carbonyl (C=O) groups is 1. The second kappa shape index (κ2) is 5.69. The highest BCUT2D eigenvalue weighted by Gasteiger charge is 2.33. The number of carbonyl (C=O) groups excluding carboxylic acids is 1. The number of likely N-dealkylation sites (tertiary alicyclic amines) is 1. The van der Waals surface area contributed by atoms with Crippen LogP contribution in [-0.2, 0) is 12.7 Å². The molecule has 1 aliphatic heterocycles. The normalized spacial score (nSPS) is 18.6. The Labute approximate surface area is 128 Å². The summed E-state index contributed by atoms with van der Waals surface area (Å²) in [6, 6.07) is 2.23. The third-order valence-electron chi connectivity index (χ3n) is 3.54. The lowest BCUT2D eigenvalue weighted by molar-refractivity contribution is -0.141. The van der Waals surface area contributed by atoms with E-state index in [4.69, 9.17) is 10.3 Å². The Hall–Kier alpha value is -2.36. The molecule has 1 atom stereocenters. The largest absolute Gasteiger partial charge is 0.435 e. The van der Waals surface area contributed by atoms with Gasteiger partial charge in [0.25, 0.3) is 5.91 Å². The zero-order valence-corrected chi connectivity index (χ0v) is 12.0. The molecule has 2 aromatic heterocycles. The Morgan fingerprint density at radius 1 is 1.48 bits per heavy atom. The van der Waals surface area contributed by atoms with Crippen molar-refractivity contribution in [3.8, 4) is 0 Å². The van der Waals surface area contributed by atoms with Crippen molar-refractivity contribution in [3.63, 3.8) is 0 Å². The average molecular weight is 329 g/mol. The number of alkyl halides is 3. The quantitative estimate of drug-likeness (QED) is 0.911. The highest BCUT2D eigenvalue weighted by molar-refractivity contribution is 5.92. The molecule has 7 nitrogen and oxygen atoms in total. The van der Waals surface area contributed by atoms with E-state index in [0.29, 0.717) is 13.1 Å². The van der Waals surface area contributed by atoms with E-state index in [1.54, 1.807) is 4.90 Å². The number of aromatic nitrogens is 3. The predicted octanol–water partition coefficient (Wildman–Crippen LogP) is 1.11. The Kier molecular flexibility index (Phi) is 3.84. The summed E-state index contributed by atoms with van der Waals surface area (Å²) in [4.78, 5) is 13.7. The molecule has 0 bridgehead atoms. The predicted molar refractivity (Wildman–Crippen MR) is 71.3 cm³/mol. The van der Waals surface area contributed by atoms with Crippen LogP contribution in [0.4, 0.5) is 13.2 Å². The van der Waals surface area contributed by atoms with Crippen LogP contribution in [0.3, 0.4) is 0 Å². The van der Waals surface area contributed by atoms with Crippen molar-refractivity contribution in [1.29, 1.82) is 0 Å². The smallest absolute Gasteiger partial charge is 0.359 e. The third kappa shape index (κ3) is 3.36. The average Bonchev–Trinajstić information content (AvgIpc) is 3.18. The van der Waals surface area contributed by atoms with Crippen molar-refractivity contribution in [2.45, 2.75) is 25.2 Å². The first-order valence-corrected chi connectivity index (χ1v) is 6.94. The third-order valence-corrected chi connectivity index (χ3v) is 3.54. The lowest BCUT2D eigenvalue weighted by Crippen LogP contribution is -2.32. The van der Waals surface area contributed by atoms with E-state index in [-0.39, 0.29) is 29.9 Å². The maximum absolute atomic E-state index is 12.5. The summed E-state index contributed by atoms with van der Waals surface area (Å²) in [5.74, 6) is -0.0573. The van der Waals surface area contributed by atoms with Gasteiger partial charge in [-0.3, -0.25) is 9.48 Å². The molecular weight excluding hydrogens is 315 g/mol. The summed E-state index contributed by atoms with van der Waals surface area (Å²) in [5.41, 5.74) is 4.87. The van der Waals surface area contributed by atoms with Crippen molar-refractivity contribution in [3.05, 3.63) is 35.5 Å². The second-order valence-electron chi connectivity index (χ2n) is 5.37. The molecule has 0 aliphatic carbocycles. The molecule has 124 valence electrons.